The van der Waals surface area contributed by atoms with Crippen LogP contribution in [0.25, 0.3) is 0 Å². The van der Waals surface area contributed by atoms with Crippen molar-refractivity contribution in [2.45, 2.75) is 77.4 Å². The van der Waals surface area contributed by atoms with E-state index in [1.54, 1.807) is 0 Å². The average Bonchev–Trinajstić information content (AvgIpc) is 2.52. The summed E-state index contributed by atoms with van der Waals surface area (Å²) in [5.74, 6) is 0.871. The van der Waals surface area contributed by atoms with E-state index in [1.807, 2.05) is 0 Å². The quantitative estimate of drug-likeness (QED) is 0.768. The molecule has 0 bridgehead atoms. The van der Waals surface area contributed by atoms with E-state index in [9.17, 15) is 0 Å². The second kappa shape index (κ2) is 5.50. The van der Waals surface area contributed by atoms with E-state index in [0.29, 0.717) is 11.5 Å². The molecule has 0 aromatic carbocycles. The second-order valence-corrected chi connectivity index (χ2v) is 7.50. The lowest BCUT2D eigenvalue weighted by molar-refractivity contribution is -0.0975. The van der Waals surface area contributed by atoms with Crippen LogP contribution in [0, 0.1) is 11.3 Å². The third kappa shape index (κ3) is 3.27. The molecule has 1 N–H and O–H groups in total. The summed E-state index contributed by atoms with van der Waals surface area (Å²) in [6, 6.07) is 0.671. The fourth-order valence-corrected chi connectivity index (χ4v) is 3.87. The van der Waals surface area contributed by atoms with Crippen LogP contribution in [0.5, 0.6) is 0 Å². The van der Waals surface area contributed by atoms with Gasteiger partial charge in [-0.2, -0.15) is 0 Å². The maximum Gasteiger partial charge on any atom is 0.0697 e. The normalized spacial score (nSPS) is 38.7. The van der Waals surface area contributed by atoms with Crippen molar-refractivity contribution in [2.24, 2.45) is 11.3 Å². The Balaban J connectivity index is 1.99. The van der Waals surface area contributed by atoms with Crippen molar-refractivity contribution in [2.75, 3.05) is 13.7 Å². The summed E-state index contributed by atoms with van der Waals surface area (Å²) in [7, 11) is 2.10. The van der Waals surface area contributed by atoms with Crippen molar-refractivity contribution in [3.05, 3.63) is 0 Å². The maximum atomic E-state index is 6.24. The van der Waals surface area contributed by atoms with Crippen LogP contribution < -0.4 is 5.32 Å². The monoisotopic (exact) mass is 253 g/mol. The highest BCUT2D eigenvalue weighted by Crippen LogP contribution is 2.43. The molecule has 1 aliphatic heterocycles. The number of nitrogens with one attached hydrogen (secondary N) is 1. The van der Waals surface area contributed by atoms with Crippen molar-refractivity contribution in [3.63, 3.8) is 0 Å². The van der Waals surface area contributed by atoms with Gasteiger partial charge in [0.05, 0.1) is 5.60 Å². The zero-order valence-corrected chi connectivity index (χ0v) is 12.7. The minimum Gasteiger partial charge on any atom is -0.375 e. The Morgan fingerprint density at radius 2 is 1.89 bits per heavy atom. The topological polar surface area (TPSA) is 21.3 Å². The molecule has 2 rings (SSSR count). The van der Waals surface area contributed by atoms with Crippen molar-refractivity contribution >= 4 is 0 Å². The molecule has 3 unspecified atom stereocenters. The summed E-state index contributed by atoms with van der Waals surface area (Å²) in [4.78, 5) is 0. The first-order valence-corrected chi connectivity index (χ1v) is 7.76. The third-order valence-corrected chi connectivity index (χ3v) is 5.26. The van der Waals surface area contributed by atoms with E-state index < -0.39 is 0 Å². The molecule has 2 fully saturated rings. The van der Waals surface area contributed by atoms with Crippen LogP contribution in [0.1, 0.15) is 65.7 Å². The van der Waals surface area contributed by atoms with E-state index in [-0.39, 0.29) is 5.60 Å². The number of rotatable bonds is 1. The number of hydrogen-bond acceptors (Lipinski definition) is 2. The van der Waals surface area contributed by atoms with Gasteiger partial charge in [-0.25, -0.2) is 0 Å². The standard InChI is InChI=1S/C16H31NO/c1-15(2,3)13-6-5-9-16(10-7-13)12-14(17-4)8-11-18-16/h13-14,17H,5-12H2,1-4H3. The average molecular weight is 253 g/mol. The Morgan fingerprint density at radius 3 is 2.56 bits per heavy atom. The van der Waals surface area contributed by atoms with Crippen molar-refractivity contribution < 1.29 is 4.74 Å². The molecular formula is C16H31NO. The molecule has 0 aromatic heterocycles. The van der Waals surface area contributed by atoms with Crippen LogP contribution in [-0.2, 0) is 4.74 Å². The summed E-state index contributed by atoms with van der Waals surface area (Å²) in [6.07, 6.45) is 9.03. The first-order chi connectivity index (χ1) is 8.45. The number of hydrogen-bond donors (Lipinski definition) is 1. The molecule has 1 spiro atoms. The molecule has 1 aliphatic carbocycles. The molecule has 2 nitrogen and oxygen atoms in total. The van der Waals surface area contributed by atoms with Crippen molar-refractivity contribution in [1.82, 2.24) is 5.32 Å². The number of ether oxygens (including phenoxy) is 1. The van der Waals surface area contributed by atoms with Crippen LogP contribution in [0.15, 0.2) is 0 Å². The SMILES string of the molecule is CNC1CCOC2(CCCC(C(C)(C)C)CC2)C1. The van der Waals surface area contributed by atoms with Gasteiger partial charge in [-0.15, -0.1) is 0 Å². The van der Waals surface area contributed by atoms with Gasteiger partial charge in [0.2, 0.25) is 0 Å². The van der Waals surface area contributed by atoms with Gasteiger partial charge in [0, 0.05) is 12.6 Å². The van der Waals surface area contributed by atoms with E-state index >= 15 is 0 Å². The zero-order valence-electron chi connectivity index (χ0n) is 12.7. The van der Waals surface area contributed by atoms with Gasteiger partial charge in [-0.1, -0.05) is 27.2 Å². The molecule has 1 saturated carbocycles. The van der Waals surface area contributed by atoms with Gasteiger partial charge in [0.15, 0.2) is 0 Å². The molecular weight excluding hydrogens is 222 g/mol. The molecule has 18 heavy (non-hydrogen) atoms. The van der Waals surface area contributed by atoms with E-state index in [1.165, 1.54) is 44.9 Å². The fourth-order valence-electron chi connectivity index (χ4n) is 3.87. The third-order valence-electron chi connectivity index (χ3n) is 5.26. The molecule has 3 atom stereocenters. The lowest BCUT2D eigenvalue weighted by Gasteiger charge is -2.41. The Hall–Kier alpha value is -0.0800. The minimum absolute atomic E-state index is 0.200. The van der Waals surface area contributed by atoms with Crippen LogP contribution in [0.2, 0.25) is 0 Å². The Morgan fingerprint density at radius 1 is 1.11 bits per heavy atom. The Labute approximate surface area is 113 Å². The van der Waals surface area contributed by atoms with Crippen molar-refractivity contribution in [3.8, 4) is 0 Å². The van der Waals surface area contributed by atoms with Gasteiger partial charge in [0.25, 0.3) is 0 Å². The van der Waals surface area contributed by atoms with Crippen LogP contribution in [-0.4, -0.2) is 25.3 Å². The predicted octanol–water partition coefficient (Wildman–Crippen LogP) is 3.75. The predicted molar refractivity (Wildman–Crippen MR) is 76.8 cm³/mol. The van der Waals surface area contributed by atoms with E-state index in [2.05, 4.69) is 33.1 Å². The van der Waals surface area contributed by atoms with E-state index in [4.69, 9.17) is 4.74 Å². The summed E-state index contributed by atoms with van der Waals surface area (Å²) >= 11 is 0. The smallest absolute Gasteiger partial charge is 0.0697 e. The molecule has 1 saturated heterocycles. The zero-order chi connectivity index (χ0) is 13.2. The Bertz CT molecular complexity index is 271. The summed E-state index contributed by atoms with van der Waals surface area (Å²) in [5, 5.41) is 3.46. The molecule has 2 aliphatic rings. The fraction of sp³-hybridized carbons (Fsp3) is 1.00. The molecule has 1 heterocycles. The van der Waals surface area contributed by atoms with Gasteiger partial charge in [0.1, 0.15) is 0 Å². The van der Waals surface area contributed by atoms with Gasteiger partial charge >= 0.3 is 0 Å². The molecule has 2 heteroatoms. The van der Waals surface area contributed by atoms with Crippen LogP contribution in [0.4, 0.5) is 0 Å². The molecule has 0 radical (unpaired) electrons. The van der Waals surface area contributed by atoms with Crippen molar-refractivity contribution in [1.29, 1.82) is 0 Å². The summed E-state index contributed by atoms with van der Waals surface area (Å²) < 4.78 is 6.24. The lowest BCUT2D eigenvalue weighted by Crippen LogP contribution is -2.46. The van der Waals surface area contributed by atoms with Gasteiger partial charge in [-0.05, 0) is 56.9 Å². The van der Waals surface area contributed by atoms with Crippen LogP contribution >= 0.6 is 0 Å². The molecule has 0 amide bonds. The highest BCUT2D eigenvalue weighted by molar-refractivity contribution is 4.93. The molecule has 106 valence electrons. The van der Waals surface area contributed by atoms with Crippen LogP contribution in [0.3, 0.4) is 0 Å². The largest absolute Gasteiger partial charge is 0.375 e. The first-order valence-electron chi connectivity index (χ1n) is 7.76. The highest BCUT2D eigenvalue weighted by atomic mass is 16.5. The Kier molecular flexibility index (Phi) is 4.38. The van der Waals surface area contributed by atoms with Gasteiger partial charge < -0.3 is 10.1 Å². The maximum absolute atomic E-state index is 6.24. The minimum atomic E-state index is 0.200. The molecule has 0 aromatic rings. The first kappa shape index (κ1) is 14.3. The summed E-state index contributed by atoms with van der Waals surface area (Å²) in [6.45, 7) is 8.14. The van der Waals surface area contributed by atoms with Gasteiger partial charge in [-0.3, -0.25) is 0 Å². The summed E-state index contributed by atoms with van der Waals surface area (Å²) in [5.41, 5.74) is 0.661. The lowest BCUT2D eigenvalue weighted by atomic mass is 9.76. The van der Waals surface area contributed by atoms with E-state index in [0.717, 1.165) is 12.5 Å². The highest BCUT2D eigenvalue weighted by Gasteiger charge is 2.40. The second-order valence-electron chi connectivity index (χ2n) is 7.50.